The first-order chi connectivity index (χ1) is 17.8. The Hall–Kier alpha value is -3.02. The number of ether oxygens (including phenoxy) is 2. The average molecular weight is 566 g/mol. The van der Waals surface area contributed by atoms with Gasteiger partial charge in [-0.3, -0.25) is 0 Å². The van der Waals surface area contributed by atoms with E-state index in [4.69, 9.17) is 16.3 Å². The van der Waals surface area contributed by atoms with Gasteiger partial charge in [-0.1, -0.05) is 42.8 Å². The van der Waals surface area contributed by atoms with Crippen LogP contribution in [0.1, 0.15) is 29.7 Å². The van der Waals surface area contributed by atoms with Crippen LogP contribution in [-0.4, -0.2) is 29.9 Å². The lowest BCUT2D eigenvalue weighted by molar-refractivity contribution is -0.253. The highest BCUT2D eigenvalue weighted by molar-refractivity contribution is 6.31. The van der Waals surface area contributed by atoms with Gasteiger partial charge in [0.1, 0.15) is 17.2 Å². The van der Waals surface area contributed by atoms with Crippen molar-refractivity contribution in [1.82, 2.24) is 5.32 Å². The topological polar surface area (TPSA) is 50.7 Å². The molecule has 0 heterocycles. The lowest BCUT2D eigenvalue weighted by Gasteiger charge is -2.27. The van der Waals surface area contributed by atoms with E-state index >= 15 is 0 Å². The first-order valence-corrected chi connectivity index (χ1v) is 11.7. The lowest BCUT2D eigenvalue weighted by Crippen LogP contribution is -2.41. The Balaban J connectivity index is 1.83. The third-order valence-electron chi connectivity index (χ3n) is 5.43. The van der Waals surface area contributed by atoms with E-state index in [0.29, 0.717) is 17.2 Å². The van der Waals surface area contributed by atoms with Crippen LogP contribution in [-0.2, 0) is 13.0 Å². The molecule has 4 nitrogen and oxygen atoms in total. The van der Waals surface area contributed by atoms with Gasteiger partial charge in [0.2, 0.25) is 0 Å². The molecule has 0 amide bonds. The van der Waals surface area contributed by atoms with Gasteiger partial charge in [0.05, 0.1) is 6.04 Å². The molecule has 2 atom stereocenters. The van der Waals surface area contributed by atoms with Crippen LogP contribution in [0.25, 0.3) is 0 Å². The second kappa shape index (κ2) is 12.2. The molecule has 0 aliphatic heterocycles. The van der Waals surface area contributed by atoms with E-state index in [2.05, 4.69) is 10.1 Å². The average Bonchev–Trinajstić information content (AvgIpc) is 2.85. The van der Waals surface area contributed by atoms with Gasteiger partial charge in [-0.15, -0.1) is 0 Å². The molecule has 3 rings (SSSR count). The van der Waals surface area contributed by atoms with Crippen molar-refractivity contribution in [2.24, 2.45) is 0 Å². The maximum atomic E-state index is 13.5. The second-order valence-electron chi connectivity index (χ2n) is 8.24. The first-order valence-electron chi connectivity index (χ1n) is 11.3. The summed E-state index contributed by atoms with van der Waals surface area (Å²) in [7, 11) is 0. The van der Waals surface area contributed by atoms with Crippen molar-refractivity contribution in [2.75, 3.05) is 0 Å². The Morgan fingerprint density at radius 2 is 1.55 bits per heavy atom. The van der Waals surface area contributed by atoms with Crippen molar-refractivity contribution in [2.45, 2.75) is 50.7 Å². The van der Waals surface area contributed by atoms with E-state index in [0.717, 1.165) is 17.7 Å². The van der Waals surface area contributed by atoms with E-state index in [1.165, 1.54) is 36.4 Å². The van der Waals surface area contributed by atoms with Crippen molar-refractivity contribution in [3.8, 4) is 17.2 Å². The molecule has 2 N–H and O–H groups in total. The molecule has 0 saturated carbocycles. The highest BCUT2D eigenvalue weighted by atomic mass is 35.5. The predicted octanol–water partition coefficient (Wildman–Crippen LogP) is 7.69. The van der Waals surface area contributed by atoms with E-state index in [1.54, 1.807) is 18.2 Å². The molecule has 3 aromatic rings. The molecule has 0 spiro atoms. The third-order valence-corrected chi connectivity index (χ3v) is 5.80. The Kier molecular flexibility index (Phi) is 9.50. The van der Waals surface area contributed by atoms with Gasteiger partial charge in [-0.05, 0) is 65.6 Å². The maximum absolute atomic E-state index is 13.5. The molecule has 38 heavy (non-hydrogen) atoms. The minimum absolute atomic E-state index is 0.0219. The van der Waals surface area contributed by atoms with Crippen molar-refractivity contribution < 1.29 is 45.3 Å². The first kappa shape index (κ1) is 29.5. The molecule has 0 fully saturated rings. The Bertz CT molecular complexity index is 1220. The molecule has 0 aliphatic rings. The fraction of sp³-hybridized carbons (Fsp3) is 0.308. The quantitative estimate of drug-likeness (QED) is 0.234. The number of aryl methyl sites for hydroxylation is 1. The summed E-state index contributed by atoms with van der Waals surface area (Å²) in [6, 6.07) is 13.4. The Labute approximate surface area is 218 Å². The van der Waals surface area contributed by atoms with Crippen molar-refractivity contribution in [3.63, 3.8) is 0 Å². The summed E-state index contributed by atoms with van der Waals surface area (Å²) < 4.78 is 102. The zero-order valence-electron chi connectivity index (χ0n) is 19.8. The number of benzene rings is 3. The van der Waals surface area contributed by atoms with Crippen LogP contribution in [0, 0.1) is 0 Å². The molecule has 1 unspecified atom stereocenters. The number of aliphatic hydroxyl groups excluding tert-OH is 1. The summed E-state index contributed by atoms with van der Waals surface area (Å²) in [5, 5.41) is 13.2. The van der Waals surface area contributed by atoms with Gasteiger partial charge in [0.25, 0.3) is 0 Å². The summed E-state index contributed by atoms with van der Waals surface area (Å²) in [6.07, 6.45) is -16.0. The summed E-state index contributed by atoms with van der Waals surface area (Å²) in [6.45, 7) is 1.55. The normalized spacial score (nSPS) is 13.9. The van der Waals surface area contributed by atoms with Gasteiger partial charge in [-0.2, -0.15) is 30.7 Å². The molecular weight excluding hydrogens is 543 g/mol. The molecule has 0 aliphatic carbocycles. The van der Waals surface area contributed by atoms with Gasteiger partial charge < -0.3 is 19.9 Å². The van der Waals surface area contributed by atoms with Gasteiger partial charge >= 0.3 is 18.7 Å². The number of alkyl halides is 7. The highest BCUT2D eigenvalue weighted by Crippen LogP contribution is 2.34. The van der Waals surface area contributed by atoms with E-state index in [9.17, 15) is 35.8 Å². The molecule has 206 valence electrons. The van der Waals surface area contributed by atoms with E-state index in [-0.39, 0.29) is 23.4 Å². The predicted molar refractivity (Wildman–Crippen MR) is 127 cm³/mol. The number of nitrogens with one attached hydrogen (secondary N) is 1. The summed E-state index contributed by atoms with van der Waals surface area (Å²) in [4.78, 5) is 0. The lowest BCUT2D eigenvalue weighted by atomic mass is 10.00. The van der Waals surface area contributed by atoms with Crippen LogP contribution < -0.4 is 14.8 Å². The van der Waals surface area contributed by atoms with Crippen molar-refractivity contribution in [1.29, 1.82) is 0 Å². The molecular formula is C26H23ClF7NO3. The molecule has 3 aromatic carbocycles. The zero-order chi connectivity index (χ0) is 28.1. The summed E-state index contributed by atoms with van der Waals surface area (Å²) in [5.41, 5.74) is 0.978. The van der Waals surface area contributed by atoms with Crippen molar-refractivity contribution >= 4 is 11.6 Å². The van der Waals surface area contributed by atoms with Crippen LogP contribution in [0.4, 0.5) is 30.7 Å². The molecule has 0 saturated heterocycles. The molecule has 0 bridgehead atoms. The van der Waals surface area contributed by atoms with Crippen LogP contribution in [0.2, 0.25) is 5.02 Å². The van der Waals surface area contributed by atoms with Crippen LogP contribution in [0.5, 0.6) is 17.2 Å². The Morgan fingerprint density at radius 1 is 0.895 bits per heavy atom. The third kappa shape index (κ3) is 7.75. The number of halogens is 8. The number of rotatable bonds is 11. The van der Waals surface area contributed by atoms with Gasteiger partial charge in [0, 0.05) is 11.6 Å². The van der Waals surface area contributed by atoms with Gasteiger partial charge in [-0.25, -0.2) is 0 Å². The smallest absolute Gasteiger partial charge is 0.457 e. The SMILES string of the molecule is CCc1cc(Oc2cccc(C(NCc3cccc(OC(F)(F)C(F)F)c3)[C@@H](O)C(F)(F)F)c2)ccc1Cl. The number of hydrogen-bond donors (Lipinski definition) is 2. The van der Waals surface area contributed by atoms with Gasteiger partial charge in [0.15, 0.2) is 6.10 Å². The van der Waals surface area contributed by atoms with E-state index in [1.807, 2.05) is 6.92 Å². The van der Waals surface area contributed by atoms with Crippen LogP contribution >= 0.6 is 11.6 Å². The highest BCUT2D eigenvalue weighted by Gasteiger charge is 2.45. The minimum atomic E-state index is -5.01. The standard InChI is InChI=1S/C26H23ClF7NO3/c1-2-16-12-19(9-10-21(16)27)37-18-7-4-6-17(13-18)22(23(36)25(30,31)32)35-14-15-5-3-8-20(11-15)38-26(33,34)24(28)29/h3-13,22-24,35-36H,2,14H2,1H3/t22?,23-/m1/s1. The summed E-state index contributed by atoms with van der Waals surface area (Å²) >= 11 is 6.11. The fourth-order valence-corrected chi connectivity index (χ4v) is 3.79. The molecule has 0 aromatic heterocycles. The molecule has 0 radical (unpaired) electrons. The maximum Gasteiger partial charge on any atom is 0.461 e. The minimum Gasteiger partial charge on any atom is -0.457 e. The number of hydrogen-bond acceptors (Lipinski definition) is 4. The second-order valence-corrected chi connectivity index (χ2v) is 8.65. The monoisotopic (exact) mass is 565 g/mol. The largest absolute Gasteiger partial charge is 0.461 e. The summed E-state index contributed by atoms with van der Waals surface area (Å²) in [5.74, 6) is -0.00768. The Morgan fingerprint density at radius 3 is 2.21 bits per heavy atom. The zero-order valence-corrected chi connectivity index (χ0v) is 20.5. The molecule has 12 heteroatoms. The fourth-order valence-electron chi connectivity index (χ4n) is 3.54. The van der Waals surface area contributed by atoms with Crippen molar-refractivity contribution in [3.05, 3.63) is 88.4 Å². The number of aliphatic hydroxyl groups is 1. The van der Waals surface area contributed by atoms with Crippen LogP contribution in [0.3, 0.4) is 0 Å². The van der Waals surface area contributed by atoms with E-state index < -0.39 is 36.6 Å². The van der Waals surface area contributed by atoms with Crippen LogP contribution in [0.15, 0.2) is 66.7 Å².